The molecule has 0 aromatic rings. The van der Waals surface area contributed by atoms with Crippen molar-refractivity contribution < 1.29 is 13.3 Å². The van der Waals surface area contributed by atoms with Crippen LogP contribution in [0.5, 0.6) is 0 Å². The number of rotatable bonds is 14. The SMILES string of the molecule is C=CCCCCCCC[Si](OCC)(OCC)OCC. The smallest absolute Gasteiger partial charge is 0.374 e. The molecule has 0 rings (SSSR count). The Hall–Kier alpha value is -0.163. The Labute approximate surface area is 120 Å². The second-order valence-corrected chi connectivity index (χ2v) is 7.31. The van der Waals surface area contributed by atoms with E-state index in [0.29, 0.717) is 19.8 Å². The summed E-state index contributed by atoms with van der Waals surface area (Å²) in [7, 11) is -2.39. The lowest BCUT2D eigenvalue weighted by atomic mass is 10.1. The average molecular weight is 289 g/mol. The van der Waals surface area contributed by atoms with E-state index >= 15 is 0 Å². The van der Waals surface area contributed by atoms with Crippen LogP contribution in [0.25, 0.3) is 0 Å². The molecule has 0 heterocycles. The van der Waals surface area contributed by atoms with Crippen LogP contribution in [0.15, 0.2) is 12.7 Å². The van der Waals surface area contributed by atoms with Gasteiger partial charge in [0.1, 0.15) is 0 Å². The fraction of sp³-hybridized carbons (Fsp3) is 0.867. The summed E-state index contributed by atoms with van der Waals surface area (Å²) in [6, 6.07) is 0.948. The molecule has 114 valence electrons. The average Bonchev–Trinajstić information content (AvgIpc) is 2.39. The Morgan fingerprint density at radius 1 is 0.789 bits per heavy atom. The maximum atomic E-state index is 5.84. The summed E-state index contributed by atoms with van der Waals surface area (Å²) in [4.78, 5) is 0. The van der Waals surface area contributed by atoms with Gasteiger partial charge in [-0.1, -0.05) is 25.3 Å². The molecule has 0 atom stereocenters. The Bertz CT molecular complexity index is 193. The van der Waals surface area contributed by atoms with E-state index in [-0.39, 0.29) is 0 Å². The van der Waals surface area contributed by atoms with Gasteiger partial charge in [0.15, 0.2) is 0 Å². The van der Waals surface area contributed by atoms with Crippen molar-refractivity contribution in [1.29, 1.82) is 0 Å². The highest BCUT2D eigenvalue weighted by Crippen LogP contribution is 2.20. The van der Waals surface area contributed by atoms with Gasteiger partial charge >= 0.3 is 8.80 Å². The minimum atomic E-state index is -2.39. The first kappa shape index (κ1) is 18.8. The fourth-order valence-corrected chi connectivity index (χ4v) is 4.85. The van der Waals surface area contributed by atoms with Gasteiger partial charge < -0.3 is 13.3 Å². The van der Waals surface area contributed by atoms with Crippen molar-refractivity contribution in [2.45, 2.75) is 65.3 Å². The van der Waals surface area contributed by atoms with Crippen molar-refractivity contribution in [1.82, 2.24) is 0 Å². The molecule has 0 saturated heterocycles. The Morgan fingerprint density at radius 2 is 1.26 bits per heavy atom. The number of unbranched alkanes of at least 4 members (excludes halogenated alkanes) is 5. The summed E-state index contributed by atoms with van der Waals surface area (Å²) in [6.45, 7) is 11.8. The van der Waals surface area contributed by atoms with Gasteiger partial charge in [0.05, 0.1) is 0 Å². The molecule has 0 fully saturated rings. The topological polar surface area (TPSA) is 27.7 Å². The molecule has 0 aromatic carbocycles. The Kier molecular flexibility index (Phi) is 12.7. The van der Waals surface area contributed by atoms with Crippen molar-refractivity contribution in [2.75, 3.05) is 19.8 Å². The van der Waals surface area contributed by atoms with Crippen LogP contribution >= 0.6 is 0 Å². The van der Waals surface area contributed by atoms with E-state index in [1.165, 1.54) is 25.7 Å². The van der Waals surface area contributed by atoms with Gasteiger partial charge in [-0.25, -0.2) is 0 Å². The van der Waals surface area contributed by atoms with Crippen LogP contribution in [0.2, 0.25) is 6.04 Å². The van der Waals surface area contributed by atoms with Crippen LogP contribution in [0, 0.1) is 0 Å². The number of hydrogen-bond acceptors (Lipinski definition) is 3. The van der Waals surface area contributed by atoms with Gasteiger partial charge in [0, 0.05) is 25.9 Å². The molecule has 0 radical (unpaired) electrons. The summed E-state index contributed by atoms with van der Waals surface area (Å²) >= 11 is 0. The van der Waals surface area contributed by atoms with Crippen LogP contribution in [-0.4, -0.2) is 28.6 Å². The molecule has 0 aliphatic rings. The largest absolute Gasteiger partial charge is 0.500 e. The van der Waals surface area contributed by atoms with Gasteiger partial charge in [-0.15, -0.1) is 6.58 Å². The molecule has 19 heavy (non-hydrogen) atoms. The van der Waals surface area contributed by atoms with Gasteiger partial charge in [0.2, 0.25) is 0 Å². The molecule has 0 aliphatic carbocycles. The minimum absolute atomic E-state index is 0.672. The van der Waals surface area contributed by atoms with Crippen LogP contribution < -0.4 is 0 Å². The zero-order valence-electron chi connectivity index (χ0n) is 13.1. The molecule has 0 bridgehead atoms. The number of hydrogen-bond donors (Lipinski definition) is 0. The van der Waals surface area contributed by atoms with E-state index in [1.54, 1.807) is 0 Å². The van der Waals surface area contributed by atoms with Gasteiger partial charge in [-0.05, 0) is 40.0 Å². The fourth-order valence-electron chi connectivity index (χ4n) is 2.16. The third-order valence-corrected chi connectivity index (χ3v) is 6.14. The maximum absolute atomic E-state index is 5.84. The van der Waals surface area contributed by atoms with E-state index < -0.39 is 8.80 Å². The molecular weight excluding hydrogens is 256 g/mol. The Balaban J connectivity index is 3.92. The lowest BCUT2D eigenvalue weighted by Gasteiger charge is -2.28. The van der Waals surface area contributed by atoms with E-state index in [0.717, 1.165) is 18.9 Å². The van der Waals surface area contributed by atoms with E-state index in [2.05, 4.69) is 6.58 Å². The van der Waals surface area contributed by atoms with Crippen molar-refractivity contribution in [3.05, 3.63) is 12.7 Å². The second-order valence-electron chi connectivity index (χ2n) is 4.58. The summed E-state index contributed by atoms with van der Waals surface area (Å²) in [5, 5.41) is 0. The first-order valence-corrected chi connectivity index (χ1v) is 9.70. The lowest BCUT2D eigenvalue weighted by Crippen LogP contribution is -2.45. The van der Waals surface area contributed by atoms with Crippen LogP contribution in [-0.2, 0) is 13.3 Å². The number of allylic oxidation sites excluding steroid dienone is 1. The summed E-state index contributed by atoms with van der Waals surface area (Å²) in [6.07, 6.45) is 9.34. The summed E-state index contributed by atoms with van der Waals surface area (Å²) < 4.78 is 17.5. The molecule has 0 saturated carbocycles. The zero-order valence-corrected chi connectivity index (χ0v) is 14.1. The molecular formula is C15H32O3Si. The predicted molar refractivity (Wildman–Crippen MR) is 83.3 cm³/mol. The zero-order chi connectivity index (χ0) is 14.4. The first-order valence-electron chi connectivity index (χ1n) is 7.77. The van der Waals surface area contributed by atoms with Crippen molar-refractivity contribution in [3.63, 3.8) is 0 Å². The molecule has 0 amide bonds. The summed E-state index contributed by atoms with van der Waals surface area (Å²) in [5.74, 6) is 0. The third kappa shape index (κ3) is 9.38. The molecule has 0 spiro atoms. The highest BCUT2D eigenvalue weighted by molar-refractivity contribution is 6.60. The normalized spacial score (nSPS) is 11.7. The summed E-state index contributed by atoms with van der Waals surface area (Å²) in [5.41, 5.74) is 0. The predicted octanol–water partition coefficient (Wildman–Crippen LogP) is 4.56. The molecule has 0 aromatic heterocycles. The minimum Gasteiger partial charge on any atom is -0.374 e. The van der Waals surface area contributed by atoms with Gasteiger partial charge in [0.25, 0.3) is 0 Å². The van der Waals surface area contributed by atoms with Crippen LogP contribution in [0.1, 0.15) is 59.3 Å². The molecule has 0 unspecified atom stereocenters. The quantitative estimate of drug-likeness (QED) is 0.266. The van der Waals surface area contributed by atoms with Gasteiger partial charge in [-0.3, -0.25) is 0 Å². The van der Waals surface area contributed by atoms with Crippen molar-refractivity contribution in [2.24, 2.45) is 0 Å². The first-order chi connectivity index (χ1) is 9.24. The van der Waals surface area contributed by atoms with Crippen molar-refractivity contribution >= 4 is 8.80 Å². The van der Waals surface area contributed by atoms with Crippen molar-refractivity contribution in [3.8, 4) is 0 Å². The van der Waals surface area contributed by atoms with E-state index in [4.69, 9.17) is 13.3 Å². The Morgan fingerprint density at radius 3 is 1.74 bits per heavy atom. The standard InChI is InChI=1S/C15H32O3Si/c1-5-9-10-11-12-13-14-15-19(16-6-2,17-7-3)18-8-4/h5H,1,6-15H2,2-4H3. The second kappa shape index (κ2) is 12.8. The lowest BCUT2D eigenvalue weighted by molar-refractivity contribution is 0.0706. The highest BCUT2D eigenvalue weighted by Gasteiger charge is 2.39. The van der Waals surface area contributed by atoms with Crippen LogP contribution in [0.3, 0.4) is 0 Å². The monoisotopic (exact) mass is 288 g/mol. The molecule has 0 N–H and O–H groups in total. The molecule has 3 nitrogen and oxygen atoms in total. The van der Waals surface area contributed by atoms with Crippen LogP contribution in [0.4, 0.5) is 0 Å². The van der Waals surface area contributed by atoms with E-state index in [1.807, 2.05) is 26.8 Å². The molecule has 4 heteroatoms. The van der Waals surface area contributed by atoms with E-state index in [9.17, 15) is 0 Å². The third-order valence-electron chi connectivity index (χ3n) is 2.98. The van der Waals surface area contributed by atoms with Gasteiger partial charge in [-0.2, -0.15) is 0 Å². The molecule has 0 aliphatic heterocycles. The highest BCUT2D eigenvalue weighted by atomic mass is 28.4. The maximum Gasteiger partial charge on any atom is 0.500 e.